The molecule has 0 amide bonds. The van der Waals surface area contributed by atoms with E-state index in [-0.39, 0.29) is 23.2 Å². The van der Waals surface area contributed by atoms with Gasteiger partial charge in [-0.3, -0.25) is 20.1 Å². The van der Waals surface area contributed by atoms with E-state index in [4.69, 9.17) is 4.74 Å². The van der Waals surface area contributed by atoms with Gasteiger partial charge in [-0.1, -0.05) is 24.3 Å². The first-order chi connectivity index (χ1) is 16.6. The number of non-ortho nitro benzene ring substituents is 1. The Kier molecular flexibility index (Phi) is 4.68. The molecule has 0 N–H and O–H groups in total. The van der Waals surface area contributed by atoms with Crippen LogP contribution in [0, 0.1) is 16.0 Å². The molecule has 1 aliphatic heterocycles. The lowest BCUT2D eigenvalue weighted by molar-refractivity contribution is -0.384. The number of hydrogen-bond acceptors (Lipinski definition) is 7. The summed E-state index contributed by atoms with van der Waals surface area (Å²) in [6.45, 7) is 0. The van der Waals surface area contributed by atoms with Gasteiger partial charge in [0.2, 0.25) is 0 Å². The summed E-state index contributed by atoms with van der Waals surface area (Å²) in [5.41, 5.74) is 4.95. The first-order valence-electron chi connectivity index (χ1n) is 11.0. The van der Waals surface area contributed by atoms with Crippen molar-refractivity contribution in [3.05, 3.63) is 106 Å². The molecule has 2 aromatic heterocycles. The third-order valence-corrected chi connectivity index (χ3v) is 6.65. The van der Waals surface area contributed by atoms with Crippen molar-refractivity contribution in [1.29, 1.82) is 0 Å². The van der Waals surface area contributed by atoms with Crippen molar-refractivity contribution in [1.82, 2.24) is 19.5 Å². The van der Waals surface area contributed by atoms with Gasteiger partial charge in [-0.25, -0.2) is 9.78 Å². The van der Waals surface area contributed by atoms with E-state index in [1.54, 1.807) is 12.4 Å². The molecule has 0 radical (unpaired) electrons. The fourth-order valence-electron chi connectivity index (χ4n) is 5.14. The van der Waals surface area contributed by atoms with E-state index in [1.165, 1.54) is 24.3 Å². The second-order valence-corrected chi connectivity index (χ2v) is 8.44. The molecule has 9 heteroatoms. The summed E-state index contributed by atoms with van der Waals surface area (Å²) in [6.07, 6.45) is 7.77. The Labute approximate surface area is 194 Å². The quantitative estimate of drug-likeness (QED) is 0.257. The molecule has 0 unspecified atom stereocenters. The van der Waals surface area contributed by atoms with Crippen LogP contribution in [-0.2, 0) is 11.2 Å². The molecule has 2 aromatic carbocycles. The fourth-order valence-corrected chi connectivity index (χ4v) is 5.14. The Morgan fingerprint density at radius 1 is 1.09 bits per heavy atom. The average Bonchev–Trinajstić information content (AvgIpc) is 3.46. The third kappa shape index (κ3) is 3.16. The molecule has 0 saturated carbocycles. The molecule has 6 rings (SSSR count). The number of rotatable bonds is 4. The van der Waals surface area contributed by atoms with Crippen molar-refractivity contribution in [2.24, 2.45) is 5.92 Å². The maximum absolute atomic E-state index is 13.1. The SMILES string of the molecule is O=C(O[C@@H]1c2nccnc2CC[C@H]1[C@H]1c2ccccc2-c2cncn21)c1ccc([N+](=O)[O-])cc1. The molecule has 3 atom stereocenters. The largest absolute Gasteiger partial charge is 0.452 e. The number of aromatic nitrogens is 4. The smallest absolute Gasteiger partial charge is 0.338 e. The summed E-state index contributed by atoms with van der Waals surface area (Å²) >= 11 is 0. The number of carbonyl (C=O) groups is 1. The summed E-state index contributed by atoms with van der Waals surface area (Å²) in [4.78, 5) is 37.0. The number of ether oxygens (including phenoxy) is 1. The van der Waals surface area contributed by atoms with Crippen LogP contribution in [0.1, 0.15) is 45.9 Å². The molecule has 2 aliphatic rings. The molecule has 168 valence electrons. The molecule has 0 fully saturated rings. The molecular formula is C25H19N5O4. The van der Waals surface area contributed by atoms with E-state index in [1.807, 2.05) is 24.7 Å². The van der Waals surface area contributed by atoms with Gasteiger partial charge in [0.05, 0.1) is 40.4 Å². The minimum atomic E-state index is -0.633. The molecule has 9 nitrogen and oxygen atoms in total. The van der Waals surface area contributed by atoms with Crippen molar-refractivity contribution in [3.8, 4) is 11.3 Å². The van der Waals surface area contributed by atoms with E-state index in [0.29, 0.717) is 5.69 Å². The zero-order valence-corrected chi connectivity index (χ0v) is 17.9. The molecular weight excluding hydrogens is 434 g/mol. The number of aryl methyl sites for hydroxylation is 1. The van der Waals surface area contributed by atoms with Crippen molar-refractivity contribution < 1.29 is 14.5 Å². The standard InChI is InChI=1S/C25H19N5O4/c31-25(15-5-7-16(8-6-15)30(32)33)34-24-19(9-10-20-22(24)28-12-11-27-20)23-18-4-2-1-3-17(18)21-13-26-14-29(21)23/h1-8,11-14,19,23-24H,9-10H2/t19-,23+,24-/m0/s1. The number of nitro groups is 1. The van der Waals surface area contributed by atoms with Crippen LogP contribution in [0.25, 0.3) is 11.3 Å². The van der Waals surface area contributed by atoms with Gasteiger partial charge in [0.15, 0.2) is 6.10 Å². The molecule has 34 heavy (non-hydrogen) atoms. The van der Waals surface area contributed by atoms with Gasteiger partial charge in [-0.2, -0.15) is 0 Å². The Hall–Kier alpha value is -4.40. The number of esters is 1. The Balaban J connectivity index is 1.40. The number of carbonyl (C=O) groups excluding carboxylic acids is 1. The van der Waals surface area contributed by atoms with Crippen molar-refractivity contribution in [2.45, 2.75) is 25.0 Å². The average molecular weight is 453 g/mol. The highest BCUT2D eigenvalue weighted by Crippen LogP contribution is 2.50. The number of benzene rings is 2. The topological polar surface area (TPSA) is 113 Å². The van der Waals surface area contributed by atoms with Gasteiger partial charge in [0, 0.05) is 36.0 Å². The second kappa shape index (κ2) is 7.87. The number of nitrogens with zero attached hydrogens (tertiary/aromatic N) is 5. The lowest BCUT2D eigenvalue weighted by Gasteiger charge is -2.36. The van der Waals surface area contributed by atoms with E-state index < -0.39 is 17.0 Å². The number of imidazole rings is 1. The number of nitro benzene ring substituents is 1. The normalized spacial score (nSPS) is 20.2. The van der Waals surface area contributed by atoms with Crippen LogP contribution in [0.4, 0.5) is 5.69 Å². The summed E-state index contributed by atoms with van der Waals surface area (Å²) in [7, 11) is 0. The minimum Gasteiger partial charge on any atom is -0.452 e. The Morgan fingerprint density at radius 2 is 1.88 bits per heavy atom. The monoisotopic (exact) mass is 453 g/mol. The van der Waals surface area contributed by atoms with Crippen molar-refractivity contribution in [3.63, 3.8) is 0 Å². The van der Waals surface area contributed by atoms with Crippen LogP contribution in [0.5, 0.6) is 0 Å². The minimum absolute atomic E-state index is 0.0708. The molecule has 0 saturated heterocycles. The first kappa shape index (κ1) is 20.2. The van der Waals surface area contributed by atoms with Crippen molar-refractivity contribution >= 4 is 11.7 Å². The van der Waals surface area contributed by atoms with E-state index >= 15 is 0 Å². The Bertz CT molecular complexity index is 1410. The van der Waals surface area contributed by atoms with Gasteiger partial charge in [0.25, 0.3) is 5.69 Å². The van der Waals surface area contributed by atoms with Gasteiger partial charge < -0.3 is 9.30 Å². The van der Waals surface area contributed by atoms with Gasteiger partial charge in [-0.15, -0.1) is 0 Å². The summed E-state index contributed by atoms with van der Waals surface area (Å²) in [6, 6.07) is 13.6. The predicted octanol–water partition coefficient (Wildman–Crippen LogP) is 4.31. The van der Waals surface area contributed by atoms with Crippen LogP contribution >= 0.6 is 0 Å². The van der Waals surface area contributed by atoms with Crippen LogP contribution < -0.4 is 0 Å². The highest BCUT2D eigenvalue weighted by Gasteiger charge is 2.44. The second-order valence-electron chi connectivity index (χ2n) is 8.44. The highest BCUT2D eigenvalue weighted by atomic mass is 16.6. The number of hydrogen-bond donors (Lipinski definition) is 0. The van der Waals surface area contributed by atoms with Crippen molar-refractivity contribution in [2.75, 3.05) is 0 Å². The molecule has 0 bridgehead atoms. The summed E-state index contributed by atoms with van der Waals surface area (Å²) in [5, 5.41) is 11.0. The maximum atomic E-state index is 13.1. The highest BCUT2D eigenvalue weighted by molar-refractivity contribution is 5.89. The lowest BCUT2D eigenvalue weighted by atomic mass is 9.79. The predicted molar refractivity (Wildman–Crippen MR) is 121 cm³/mol. The zero-order valence-electron chi connectivity index (χ0n) is 17.9. The van der Waals surface area contributed by atoms with E-state index in [0.717, 1.165) is 35.4 Å². The van der Waals surface area contributed by atoms with Crippen LogP contribution in [0.3, 0.4) is 0 Å². The molecule has 1 aliphatic carbocycles. The van der Waals surface area contributed by atoms with Crippen LogP contribution in [-0.4, -0.2) is 30.4 Å². The fraction of sp³-hybridized carbons (Fsp3) is 0.200. The van der Waals surface area contributed by atoms with E-state index in [2.05, 4.69) is 31.7 Å². The van der Waals surface area contributed by atoms with E-state index in [9.17, 15) is 14.9 Å². The number of fused-ring (bicyclic) bond motifs is 4. The molecule has 0 spiro atoms. The molecule has 4 aromatic rings. The maximum Gasteiger partial charge on any atom is 0.338 e. The third-order valence-electron chi connectivity index (χ3n) is 6.65. The summed E-state index contributed by atoms with van der Waals surface area (Å²) in [5.74, 6) is -0.650. The first-order valence-corrected chi connectivity index (χ1v) is 11.0. The van der Waals surface area contributed by atoms with Crippen LogP contribution in [0.2, 0.25) is 0 Å². The Morgan fingerprint density at radius 3 is 2.71 bits per heavy atom. The van der Waals surface area contributed by atoms with Gasteiger partial charge >= 0.3 is 5.97 Å². The lowest BCUT2D eigenvalue weighted by Crippen LogP contribution is -2.32. The molecule has 3 heterocycles. The van der Waals surface area contributed by atoms with Crippen LogP contribution in [0.15, 0.2) is 73.4 Å². The zero-order chi connectivity index (χ0) is 23.2. The van der Waals surface area contributed by atoms with Gasteiger partial charge in [0.1, 0.15) is 5.69 Å². The van der Waals surface area contributed by atoms with Gasteiger partial charge in [-0.05, 0) is 30.5 Å². The summed E-state index contributed by atoms with van der Waals surface area (Å²) < 4.78 is 8.23.